The molecule has 1 fully saturated rings. The van der Waals surface area contributed by atoms with Crippen molar-refractivity contribution in [3.63, 3.8) is 0 Å². The van der Waals surface area contributed by atoms with Crippen molar-refractivity contribution < 1.29 is 4.79 Å². The van der Waals surface area contributed by atoms with Crippen LogP contribution in [0.25, 0.3) is 0 Å². The summed E-state index contributed by atoms with van der Waals surface area (Å²) < 4.78 is 2.30. The van der Waals surface area contributed by atoms with E-state index >= 15 is 0 Å². The van der Waals surface area contributed by atoms with Crippen LogP contribution in [0.2, 0.25) is 0 Å². The number of H-pyrrole nitrogens is 1. The molecule has 144 valence electrons. The van der Waals surface area contributed by atoms with Gasteiger partial charge in [-0.2, -0.15) is 5.10 Å². The largest absolute Gasteiger partial charge is 0.338 e. The molecular formula is C18H23N5O4. The quantitative estimate of drug-likeness (QED) is 0.794. The van der Waals surface area contributed by atoms with Gasteiger partial charge in [-0.1, -0.05) is 20.8 Å². The molecule has 9 heteroatoms. The molecule has 0 saturated carbocycles. The molecule has 0 aliphatic carbocycles. The van der Waals surface area contributed by atoms with Gasteiger partial charge < -0.3 is 9.88 Å². The molecule has 9 nitrogen and oxygen atoms in total. The fraction of sp³-hybridized carbons (Fsp3) is 0.500. The van der Waals surface area contributed by atoms with Crippen LogP contribution in [0, 0.1) is 5.92 Å². The smallest absolute Gasteiger partial charge is 0.328 e. The maximum absolute atomic E-state index is 12.5. The molecule has 1 saturated heterocycles. The minimum atomic E-state index is -0.622. The Morgan fingerprint density at radius 1 is 1.22 bits per heavy atom. The minimum Gasteiger partial charge on any atom is -0.338 e. The first-order valence-corrected chi connectivity index (χ1v) is 8.74. The molecule has 0 aromatic carbocycles. The van der Waals surface area contributed by atoms with Gasteiger partial charge in [-0.25, -0.2) is 9.48 Å². The van der Waals surface area contributed by atoms with Crippen LogP contribution in [0.15, 0.2) is 32.7 Å². The number of nitrogens with one attached hydrogen (secondary N) is 1. The van der Waals surface area contributed by atoms with Crippen LogP contribution in [0.1, 0.15) is 36.8 Å². The second-order valence-electron chi connectivity index (χ2n) is 7.94. The number of hydrogen-bond donors (Lipinski definition) is 1. The highest BCUT2D eigenvalue weighted by Gasteiger charge is 2.33. The van der Waals surface area contributed by atoms with E-state index in [0.29, 0.717) is 19.6 Å². The standard InChI is InChI=1S/C18H23N5O4/c1-18(2,3)13-5-6-14(24)23(20-13)10-11-8-22(9-11)16(26)12-7-19-17(27)21(4)15(12)25/h5-7,11H,8-10H2,1-4H3,(H,19,27). The van der Waals surface area contributed by atoms with E-state index in [9.17, 15) is 19.2 Å². The summed E-state index contributed by atoms with van der Waals surface area (Å²) in [5.41, 5.74) is -0.777. The van der Waals surface area contributed by atoms with Crippen molar-refractivity contribution in [2.75, 3.05) is 13.1 Å². The van der Waals surface area contributed by atoms with Crippen LogP contribution in [-0.4, -0.2) is 43.2 Å². The van der Waals surface area contributed by atoms with E-state index in [4.69, 9.17) is 0 Å². The van der Waals surface area contributed by atoms with Gasteiger partial charge in [0.25, 0.3) is 17.0 Å². The third kappa shape index (κ3) is 3.62. The predicted molar refractivity (Wildman–Crippen MR) is 98.9 cm³/mol. The van der Waals surface area contributed by atoms with E-state index in [0.717, 1.165) is 16.5 Å². The Bertz CT molecular complexity index is 1050. The third-order valence-corrected chi connectivity index (χ3v) is 4.72. The first kappa shape index (κ1) is 18.8. The van der Waals surface area contributed by atoms with E-state index in [1.54, 1.807) is 6.07 Å². The number of aromatic amines is 1. The molecular weight excluding hydrogens is 350 g/mol. The molecule has 1 amide bonds. The van der Waals surface area contributed by atoms with Gasteiger partial charge in [0.1, 0.15) is 5.56 Å². The van der Waals surface area contributed by atoms with Gasteiger partial charge in [0.2, 0.25) is 0 Å². The highest BCUT2D eigenvalue weighted by atomic mass is 16.2. The fourth-order valence-corrected chi connectivity index (χ4v) is 2.96. The Morgan fingerprint density at radius 2 is 1.89 bits per heavy atom. The number of amides is 1. The van der Waals surface area contributed by atoms with E-state index in [1.165, 1.54) is 22.7 Å². The molecule has 0 bridgehead atoms. The lowest BCUT2D eigenvalue weighted by Crippen LogP contribution is -2.53. The summed E-state index contributed by atoms with van der Waals surface area (Å²) in [6.07, 6.45) is 1.15. The molecule has 0 atom stereocenters. The summed E-state index contributed by atoms with van der Waals surface area (Å²) in [4.78, 5) is 51.9. The summed E-state index contributed by atoms with van der Waals surface area (Å²) in [7, 11) is 1.32. The third-order valence-electron chi connectivity index (χ3n) is 4.72. The Hall–Kier alpha value is -2.97. The van der Waals surface area contributed by atoms with Gasteiger partial charge in [-0.3, -0.25) is 19.0 Å². The van der Waals surface area contributed by atoms with Gasteiger partial charge in [0.05, 0.1) is 12.2 Å². The normalized spacial score (nSPS) is 14.9. The van der Waals surface area contributed by atoms with Gasteiger partial charge in [0, 0.05) is 43.7 Å². The second-order valence-corrected chi connectivity index (χ2v) is 7.94. The number of carbonyl (C=O) groups is 1. The molecule has 2 aromatic rings. The molecule has 1 N–H and O–H groups in total. The van der Waals surface area contributed by atoms with Crippen molar-refractivity contribution in [2.24, 2.45) is 13.0 Å². The van der Waals surface area contributed by atoms with Crippen molar-refractivity contribution >= 4 is 5.91 Å². The van der Waals surface area contributed by atoms with E-state index in [1.807, 2.05) is 20.8 Å². The average Bonchev–Trinajstić information content (AvgIpc) is 2.55. The van der Waals surface area contributed by atoms with Crippen molar-refractivity contribution in [3.05, 3.63) is 60.8 Å². The van der Waals surface area contributed by atoms with Gasteiger partial charge in [-0.15, -0.1) is 0 Å². The number of likely N-dealkylation sites (tertiary alicyclic amines) is 1. The number of nitrogens with zero attached hydrogens (tertiary/aromatic N) is 4. The van der Waals surface area contributed by atoms with Crippen LogP contribution in [0.4, 0.5) is 0 Å². The van der Waals surface area contributed by atoms with Crippen LogP contribution >= 0.6 is 0 Å². The Kier molecular flexibility index (Phi) is 4.63. The summed E-state index contributed by atoms with van der Waals surface area (Å²) in [5.74, 6) is -0.340. The van der Waals surface area contributed by atoms with E-state index < -0.39 is 17.2 Å². The first-order chi connectivity index (χ1) is 12.6. The van der Waals surface area contributed by atoms with Crippen LogP contribution < -0.4 is 16.8 Å². The molecule has 27 heavy (non-hydrogen) atoms. The first-order valence-electron chi connectivity index (χ1n) is 8.74. The van der Waals surface area contributed by atoms with Crippen LogP contribution in [-0.2, 0) is 19.0 Å². The highest BCUT2D eigenvalue weighted by molar-refractivity contribution is 5.94. The Balaban J connectivity index is 1.70. The minimum absolute atomic E-state index is 0.0689. The monoisotopic (exact) mass is 373 g/mol. The van der Waals surface area contributed by atoms with Crippen molar-refractivity contribution in [1.29, 1.82) is 0 Å². The average molecular weight is 373 g/mol. The predicted octanol–water partition coefficient (Wildman–Crippen LogP) is -0.300. The van der Waals surface area contributed by atoms with Gasteiger partial charge in [-0.05, 0) is 6.07 Å². The van der Waals surface area contributed by atoms with Gasteiger partial charge in [0.15, 0.2) is 0 Å². The summed E-state index contributed by atoms with van der Waals surface area (Å²) in [5, 5.41) is 4.44. The van der Waals surface area contributed by atoms with Crippen molar-refractivity contribution in [1.82, 2.24) is 24.2 Å². The van der Waals surface area contributed by atoms with E-state index in [-0.39, 0.29) is 22.5 Å². The summed E-state index contributed by atoms with van der Waals surface area (Å²) >= 11 is 0. The molecule has 2 aromatic heterocycles. The second kappa shape index (κ2) is 6.64. The maximum atomic E-state index is 12.5. The Morgan fingerprint density at radius 3 is 2.52 bits per heavy atom. The lowest BCUT2D eigenvalue weighted by atomic mass is 9.92. The number of carbonyl (C=O) groups excluding carboxylic acids is 1. The summed E-state index contributed by atoms with van der Waals surface area (Å²) in [6.45, 7) is 7.34. The fourth-order valence-electron chi connectivity index (χ4n) is 2.96. The molecule has 1 aliphatic rings. The summed E-state index contributed by atoms with van der Waals surface area (Å²) in [6, 6.07) is 3.25. The zero-order valence-corrected chi connectivity index (χ0v) is 15.9. The highest BCUT2D eigenvalue weighted by Crippen LogP contribution is 2.20. The van der Waals surface area contributed by atoms with E-state index in [2.05, 4.69) is 10.1 Å². The Labute approximate surface area is 155 Å². The number of hydrogen-bond acceptors (Lipinski definition) is 5. The molecule has 1 aliphatic heterocycles. The van der Waals surface area contributed by atoms with Crippen LogP contribution in [0.5, 0.6) is 0 Å². The molecule has 0 spiro atoms. The van der Waals surface area contributed by atoms with Crippen LogP contribution in [0.3, 0.4) is 0 Å². The molecule has 3 rings (SSSR count). The number of rotatable bonds is 3. The zero-order valence-electron chi connectivity index (χ0n) is 15.9. The number of aromatic nitrogens is 4. The molecule has 0 unspecified atom stereocenters. The van der Waals surface area contributed by atoms with Crippen molar-refractivity contribution in [2.45, 2.75) is 32.7 Å². The SMILES string of the molecule is Cn1c(=O)[nH]cc(C(=O)N2CC(Cn3nc(C(C)(C)C)ccc3=O)C2)c1=O. The lowest BCUT2D eigenvalue weighted by Gasteiger charge is -2.39. The molecule has 0 radical (unpaired) electrons. The zero-order chi connectivity index (χ0) is 19.9. The van der Waals surface area contributed by atoms with Gasteiger partial charge >= 0.3 is 5.69 Å². The van der Waals surface area contributed by atoms with Crippen molar-refractivity contribution in [3.8, 4) is 0 Å². The molecule has 3 heterocycles. The maximum Gasteiger partial charge on any atom is 0.328 e. The lowest BCUT2D eigenvalue weighted by molar-refractivity contribution is 0.0454. The topological polar surface area (TPSA) is 110 Å².